The van der Waals surface area contributed by atoms with Crippen molar-refractivity contribution in [3.8, 4) is 22.8 Å². The summed E-state index contributed by atoms with van der Waals surface area (Å²) >= 11 is 13.3. The standard InChI is InChI=1S/C26H29Cl2N5O4/c1-6-16(34)9-14-7-8-37-13-18(14)31-26-29-12-15-10-17(30-25(33(2)3)24(15)32-26)21-22(27)19(35-4)11-20(36-5)23(21)28/h6,10-12,14,18H,1,7-9,13H2,2-5H3,(H,29,31,32)/t14-,18-/m1/s1. The molecule has 9 nitrogen and oxygen atoms in total. The van der Waals surface area contributed by atoms with E-state index in [-0.39, 0.29) is 17.7 Å². The van der Waals surface area contributed by atoms with Gasteiger partial charge in [0.25, 0.3) is 0 Å². The Hall–Kier alpha value is -3.14. The van der Waals surface area contributed by atoms with E-state index in [2.05, 4.69) is 16.9 Å². The molecule has 2 aromatic heterocycles. The number of nitrogens with zero attached hydrogens (tertiary/aromatic N) is 4. The molecule has 196 valence electrons. The number of aromatic nitrogens is 3. The minimum atomic E-state index is -0.105. The molecule has 0 radical (unpaired) electrons. The molecule has 37 heavy (non-hydrogen) atoms. The highest BCUT2D eigenvalue weighted by Gasteiger charge is 2.28. The van der Waals surface area contributed by atoms with E-state index in [4.69, 9.17) is 47.4 Å². The van der Waals surface area contributed by atoms with E-state index in [9.17, 15) is 4.79 Å². The number of anilines is 2. The van der Waals surface area contributed by atoms with Crippen LogP contribution >= 0.6 is 23.2 Å². The van der Waals surface area contributed by atoms with E-state index in [0.29, 0.717) is 69.7 Å². The molecule has 1 fully saturated rings. The maximum atomic E-state index is 12.0. The number of halogens is 2. The minimum absolute atomic E-state index is 0.0104. The molecule has 0 bridgehead atoms. The molecule has 3 aromatic rings. The van der Waals surface area contributed by atoms with Gasteiger partial charge in [0, 0.05) is 50.3 Å². The third-order valence-electron chi connectivity index (χ3n) is 6.31. The molecule has 1 aliphatic rings. The van der Waals surface area contributed by atoms with Crippen LogP contribution in [-0.4, -0.2) is 68.3 Å². The van der Waals surface area contributed by atoms with Crippen molar-refractivity contribution in [1.29, 1.82) is 0 Å². The molecule has 4 rings (SSSR count). The number of ketones is 1. The van der Waals surface area contributed by atoms with Crippen molar-refractivity contribution in [3.63, 3.8) is 0 Å². The van der Waals surface area contributed by atoms with Gasteiger partial charge in [-0.2, -0.15) is 0 Å². The molecule has 0 unspecified atom stereocenters. The van der Waals surface area contributed by atoms with E-state index in [1.807, 2.05) is 25.1 Å². The topological polar surface area (TPSA) is 98.7 Å². The second kappa shape index (κ2) is 11.5. The Morgan fingerprint density at radius 3 is 2.54 bits per heavy atom. The molecule has 3 heterocycles. The maximum absolute atomic E-state index is 12.0. The van der Waals surface area contributed by atoms with Gasteiger partial charge in [0.2, 0.25) is 5.95 Å². The predicted molar refractivity (Wildman–Crippen MR) is 146 cm³/mol. The fourth-order valence-corrected chi connectivity index (χ4v) is 5.03. The number of nitrogens with one attached hydrogen (secondary N) is 1. The number of fused-ring (bicyclic) bond motifs is 1. The molecule has 0 amide bonds. The number of rotatable bonds is 9. The van der Waals surface area contributed by atoms with Crippen LogP contribution in [0.15, 0.2) is 31.0 Å². The van der Waals surface area contributed by atoms with Gasteiger partial charge in [-0.05, 0) is 24.5 Å². The van der Waals surface area contributed by atoms with Crippen molar-refractivity contribution in [2.45, 2.75) is 18.9 Å². The van der Waals surface area contributed by atoms with Crippen LogP contribution in [0, 0.1) is 5.92 Å². The monoisotopic (exact) mass is 545 g/mol. The minimum Gasteiger partial charge on any atom is -0.495 e. The first-order chi connectivity index (χ1) is 17.8. The molecule has 0 saturated carbocycles. The summed E-state index contributed by atoms with van der Waals surface area (Å²) in [6, 6.07) is 3.36. The van der Waals surface area contributed by atoms with Crippen molar-refractivity contribution in [2.75, 3.05) is 51.7 Å². The highest BCUT2D eigenvalue weighted by molar-refractivity contribution is 6.41. The average Bonchev–Trinajstić information content (AvgIpc) is 2.89. The molecular formula is C26H29Cl2N5O4. The molecule has 0 spiro atoms. The summed E-state index contributed by atoms with van der Waals surface area (Å²) in [7, 11) is 6.80. The van der Waals surface area contributed by atoms with Crippen LogP contribution in [0.25, 0.3) is 22.2 Å². The van der Waals surface area contributed by atoms with Gasteiger partial charge in [-0.25, -0.2) is 15.0 Å². The van der Waals surface area contributed by atoms with Crippen LogP contribution in [0.5, 0.6) is 11.5 Å². The zero-order chi connectivity index (χ0) is 26.7. The SMILES string of the molecule is C=CC(=O)C[C@H]1CCOC[C@H]1Nc1ncc2cc(-c3c(Cl)c(OC)cc(OC)c3Cl)nc(N(C)C)c2n1. The molecule has 1 aliphatic heterocycles. The zero-order valence-electron chi connectivity index (χ0n) is 21.2. The highest BCUT2D eigenvalue weighted by Crippen LogP contribution is 2.46. The lowest BCUT2D eigenvalue weighted by atomic mass is 9.90. The number of carbonyl (C=O) groups is 1. The van der Waals surface area contributed by atoms with Crippen molar-refractivity contribution in [2.24, 2.45) is 5.92 Å². The van der Waals surface area contributed by atoms with Crippen LogP contribution < -0.4 is 19.7 Å². The molecule has 2 atom stereocenters. The molecule has 1 N–H and O–H groups in total. The first-order valence-electron chi connectivity index (χ1n) is 11.7. The molecule has 11 heteroatoms. The summed E-state index contributed by atoms with van der Waals surface area (Å²) in [5, 5.41) is 4.74. The van der Waals surface area contributed by atoms with Gasteiger partial charge in [-0.15, -0.1) is 0 Å². The van der Waals surface area contributed by atoms with Gasteiger partial charge in [0.1, 0.15) is 17.0 Å². The molecule has 0 aliphatic carbocycles. The number of carbonyl (C=O) groups excluding carboxylic acids is 1. The Morgan fingerprint density at radius 1 is 1.22 bits per heavy atom. The second-order valence-electron chi connectivity index (χ2n) is 8.89. The van der Waals surface area contributed by atoms with Gasteiger partial charge < -0.3 is 24.4 Å². The van der Waals surface area contributed by atoms with Crippen LogP contribution in [0.2, 0.25) is 10.0 Å². The fraction of sp³-hybridized carbons (Fsp3) is 0.385. The number of methoxy groups -OCH3 is 2. The quantitative estimate of drug-likeness (QED) is 0.370. The first kappa shape index (κ1) is 26.9. The lowest BCUT2D eigenvalue weighted by Crippen LogP contribution is -2.40. The largest absolute Gasteiger partial charge is 0.495 e. The van der Waals surface area contributed by atoms with Gasteiger partial charge >= 0.3 is 0 Å². The van der Waals surface area contributed by atoms with Crippen LogP contribution in [-0.2, 0) is 9.53 Å². The Bertz CT molecular complexity index is 1310. The number of pyridine rings is 1. The van der Waals surface area contributed by atoms with Crippen LogP contribution in [0.4, 0.5) is 11.8 Å². The number of allylic oxidation sites excluding steroid dienone is 1. The van der Waals surface area contributed by atoms with Crippen LogP contribution in [0.1, 0.15) is 12.8 Å². The summed E-state index contributed by atoms with van der Waals surface area (Å²) in [5.74, 6) is 1.97. The summed E-state index contributed by atoms with van der Waals surface area (Å²) in [6.07, 6.45) is 4.25. The van der Waals surface area contributed by atoms with Gasteiger partial charge in [-0.3, -0.25) is 4.79 Å². The molecule has 1 saturated heterocycles. The Morgan fingerprint density at radius 2 is 1.92 bits per heavy atom. The second-order valence-corrected chi connectivity index (χ2v) is 9.65. The lowest BCUT2D eigenvalue weighted by molar-refractivity contribution is -0.116. The van der Waals surface area contributed by atoms with E-state index in [1.165, 1.54) is 20.3 Å². The van der Waals surface area contributed by atoms with Gasteiger partial charge in [0.15, 0.2) is 11.6 Å². The Balaban J connectivity index is 1.76. The zero-order valence-corrected chi connectivity index (χ0v) is 22.7. The van der Waals surface area contributed by atoms with Gasteiger partial charge in [-0.1, -0.05) is 29.8 Å². The molecular weight excluding hydrogens is 517 g/mol. The Kier molecular flexibility index (Phi) is 8.36. The Labute approximate surface area is 225 Å². The third kappa shape index (κ3) is 5.58. The lowest BCUT2D eigenvalue weighted by Gasteiger charge is -2.31. The smallest absolute Gasteiger partial charge is 0.223 e. The first-order valence-corrected chi connectivity index (χ1v) is 12.5. The van der Waals surface area contributed by atoms with E-state index in [1.54, 1.807) is 12.3 Å². The van der Waals surface area contributed by atoms with Crippen molar-refractivity contribution >= 4 is 51.7 Å². The fourth-order valence-electron chi connectivity index (χ4n) is 4.34. The van der Waals surface area contributed by atoms with Crippen molar-refractivity contribution < 1.29 is 19.0 Å². The highest BCUT2D eigenvalue weighted by atomic mass is 35.5. The van der Waals surface area contributed by atoms with Crippen molar-refractivity contribution in [1.82, 2.24) is 15.0 Å². The summed E-state index contributed by atoms with van der Waals surface area (Å²) in [4.78, 5) is 28.0. The summed E-state index contributed by atoms with van der Waals surface area (Å²) in [6.45, 7) is 4.66. The number of hydrogen-bond donors (Lipinski definition) is 1. The number of ether oxygens (including phenoxy) is 3. The number of benzene rings is 1. The number of hydrogen-bond acceptors (Lipinski definition) is 9. The van der Waals surface area contributed by atoms with E-state index in [0.717, 1.165) is 11.8 Å². The van der Waals surface area contributed by atoms with Gasteiger partial charge in [0.05, 0.1) is 42.6 Å². The van der Waals surface area contributed by atoms with E-state index >= 15 is 0 Å². The summed E-state index contributed by atoms with van der Waals surface area (Å²) < 4.78 is 16.5. The van der Waals surface area contributed by atoms with E-state index < -0.39 is 0 Å². The normalized spacial score (nSPS) is 17.4. The summed E-state index contributed by atoms with van der Waals surface area (Å²) in [5.41, 5.74) is 1.65. The van der Waals surface area contributed by atoms with Crippen LogP contribution in [0.3, 0.4) is 0 Å². The maximum Gasteiger partial charge on any atom is 0.223 e. The third-order valence-corrected chi connectivity index (χ3v) is 7.06. The predicted octanol–water partition coefficient (Wildman–Crippen LogP) is 5.04. The molecule has 1 aromatic carbocycles. The van der Waals surface area contributed by atoms with Crippen molar-refractivity contribution in [3.05, 3.63) is 41.0 Å². The average molecular weight is 546 g/mol.